The molecule has 1 aromatic carbocycles. The second-order valence-corrected chi connectivity index (χ2v) is 6.63. The third kappa shape index (κ3) is 2.98. The summed E-state index contributed by atoms with van der Waals surface area (Å²) >= 11 is 0. The summed E-state index contributed by atoms with van der Waals surface area (Å²) in [7, 11) is 3.96. The molecule has 25 heavy (non-hydrogen) atoms. The van der Waals surface area contributed by atoms with Gasteiger partial charge in [0.2, 0.25) is 0 Å². The Balaban J connectivity index is 1.49. The van der Waals surface area contributed by atoms with Crippen molar-refractivity contribution in [3.8, 4) is 0 Å². The summed E-state index contributed by atoms with van der Waals surface area (Å²) < 4.78 is 1.52. The minimum absolute atomic E-state index is 0.0235. The highest BCUT2D eigenvalue weighted by atomic mass is 16.2. The summed E-state index contributed by atoms with van der Waals surface area (Å²) in [6, 6.07) is 12.4. The Bertz CT molecular complexity index is 921. The van der Waals surface area contributed by atoms with Crippen LogP contribution in [0.3, 0.4) is 0 Å². The number of aromatic nitrogens is 4. The monoisotopic (exact) mass is 336 g/mol. The van der Waals surface area contributed by atoms with Crippen LogP contribution < -0.4 is 0 Å². The van der Waals surface area contributed by atoms with Crippen molar-refractivity contribution in [2.75, 3.05) is 20.6 Å². The fourth-order valence-corrected chi connectivity index (χ4v) is 3.41. The molecule has 3 heterocycles. The van der Waals surface area contributed by atoms with Crippen LogP contribution >= 0.6 is 0 Å². The molecule has 0 saturated carbocycles. The molecule has 1 aliphatic heterocycles. The van der Waals surface area contributed by atoms with E-state index in [0.29, 0.717) is 23.8 Å². The fraction of sp³-hybridized carbons (Fsp3) is 0.333. The smallest absolute Gasteiger partial charge is 0.255 e. The average Bonchev–Trinajstić information content (AvgIpc) is 3.09. The first-order valence-corrected chi connectivity index (χ1v) is 8.32. The van der Waals surface area contributed by atoms with Crippen LogP contribution in [0.1, 0.15) is 21.5 Å². The zero-order valence-electron chi connectivity index (χ0n) is 14.3. The van der Waals surface area contributed by atoms with Gasteiger partial charge < -0.3 is 4.90 Å². The zero-order chi connectivity index (χ0) is 17.4. The molecule has 0 bridgehead atoms. The number of nitrogens with zero attached hydrogens (tertiary/aromatic N) is 6. The van der Waals surface area contributed by atoms with Crippen molar-refractivity contribution in [3.63, 3.8) is 0 Å². The maximum Gasteiger partial charge on any atom is 0.255 e. The Morgan fingerprint density at radius 2 is 2.04 bits per heavy atom. The summed E-state index contributed by atoms with van der Waals surface area (Å²) in [5.74, 6) is -0.0235. The minimum atomic E-state index is -0.0235. The number of carbonyl (C=O) groups is 1. The van der Waals surface area contributed by atoms with E-state index < -0.39 is 0 Å². The number of hydrogen-bond donors (Lipinski definition) is 0. The van der Waals surface area contributed by atoms with Gasteiger partial charge in [0, 0.05) is 32.4 Å². The molecule has 0 saturated heterocycles. The van der Waals surface area contributed by atoms with Crippen LogP contribution in [0.25, 0.3) is 5.65 Å². The van der Waals surface area contributed by atoms with Gasteiger partial charge >= 0.3 is 0 Å². The standard InChI is InChI=1S/C18H20N6O/c1-22-10-14-6-4-3-5-13(14)9-16(22)12-23(2)18(25)15-7-8-17-19-20-21-24(17)11-15/h3-8,11,16H,9-10,12H2,1-2H3. The van der Waals surface area contributed by atoms with Gasteiger partial charge in [-0.3, -0.25) is 9.69 Å². The zero-order valence-corrected chi connectivity index (χ0v) is 14.3. The highest BCUT2D eigenvalue weighted by Gasteiger charge is 2.26. The quantitative estimate of drug-likeness (QED) is 0.720. The Morgan fingerprint density at radius 3 is 2.88 bits per heavy atom. The van der Waals surface area contributed by atoms with Crippen molar-refractivity contribution in [2.24, 2.45) is 0 Å². The molecule has 1 aliphatic rings. The summed E-state index contributed by atoms with van der Waals surface area (Å²) in [5, 5.41) is 11.3. The predicted octanol–water partition coefficient (Wildman–Crippen LogP) is 1.25. The largest absolute Gasteiger partial charge is 0.340 e. The number of amides is 1. The molecule has 1 unspecified atom stereocenters. The maximum absolute atomic E-state index is 12.8. The molecule has 0 fully saturated rings. The summed E-state index contributed by atoms with van der Waals surface area (Å²) in [5.41, 5.74) is 3.96. The van der Waals surface area contributed by atoms with E-state index in [2.05, 4.69) is 51.7 Å². The van der Waals surface area contributed by atoms with E-state index in [1.807, 2.05) is 7.05 Å². The number of rotatable bonds is 3. The summed E-state index contributed by atoms with van der Waals surface area (Å²) in [6.45, 7) is 1.59. The first-order valence-electron chi connectivity index (χ1n) is 8.32. The molecule has 7 nitrogen and oxygen atoms in total. The molecule has 3 aromatic rings. The van der Waals surface area contributed by atoms with Crippen LogP contribution in [0.15, 0.2) is 42.6 Å². The lowest BCUT2D eigenvalue weighted by atomic mass is 9.94. The number of hydrogen-bond acceptors (Lipinski definition) is 5. The molecule has 0 radical (unpaired) electrons. The molecule has 2 aromatic heterocycles. The van der Waals surface area contributed by atoms with Crippen molar-refractivity contribution in [2.45, 2.75) is 19.0 Å². The van der Waals surface area contributed by atoms with Gasteiger partial charge in [0.05, 0.1) is 5.56 Å². The molecular weight excluding hydrogens is 316 g/mol. The Labute approximate surface area is 145 Å². The number of benzene rings is 1. The predicted molar refractivity (Wildman–Crippen MR) is 93.1 cm³/mol. The SMILES string of the molecule is CN(CC1Cc2ccccc2CN1C)C(=O)c1ccc2nnnn2c1. The molecular formula is C18H20N6O. The van der Waals surface area contributed by atoms with Gasteiger partial charge in [-0.1, -0.05) is 24.3 Å². The lowest BCUT2D eigenvalue weighted by Crippen LogP contribution is -2.46. The van der Waals surface area contributed by atoms with E-state index in [0.717, 1.165) is 13.0 Å². The summed E-state index contributed by atoms with van der Waals surface area (Å²) in [4.78, 5) is 16.9. The molecule has 1 atom stereocenters. The lowest BCUT2D eigenvalue weighted by molar-refractivity contribution is 0.0733. The average molecular weight is 336 g/mol. The normalized spacial score (nSPS) is 17.4. The maximum atomic E-state index is 12.8. The molecule has 1 amide bonds. The van der Waals surface area contributed by atoms with E-state index in [9.17, 15) is 4.79 Å². The first kappa shape index (κ1) is 15.7. The lowest BCUT2D eigenvalue weighted by Gasteiger charge is -2.36. The van der Waals surface area contributed by atoms with Gasteiger partial charge in [0.15, 0.2) is 5.65 Å². The second kappa shape index (κ2) is 6.25. The van der Waals surface area contributed by atoms with Gasteiger partial charge in [-0.25, -0.2) is 0 Å². The molecule has 4 rings (SSSR count). The number of carbonyl (C=O) groups excluding carboxylic acids is 1. The Hall–Kier alpha value is -2.80. The molecule has 0 aliphatic carbocycles. The molecule has 128 valence electrons. The number of pyridine rings is 1. The number of likely N-dealkylation sites (N-methyl/N-ethyl adjacent to an activating group) is 2. The van der Waals surface area contributed by atoms with Crippen LogP contribution in [0.2, 0.25) is 0 Å². The fourth-order valence-electron chi connectivity index (χ4n) is 3.41. The molecule has 7 heteroatoms. The third-order valence-corrected chi connectivity index (χ3v) is 4.89. The van der Waals surface area contributed by atoms with Crippen LogP contribution in [-0.4, -0.2) is 62.4 Å². The van der Waals surface area contributed by atoms with E-state index in [-0.39, 0.29) is 5.91 Å². The van der Waals surface area contributed by atoms with Gasteiger partial charge in [-0.2, -0.15) is 4.52 Å². The first-order chi connectivity index (χ1) is 12.1. The van der Waals surface area contributed by atoms with Crippen molar-refractivity contribution in [3.05, 3.63) is 59.3 Å². The van der Waals surface area contributed by atoms with Crippen molar-refractivity contribution in [1.82, 2.24) is 29.8 Å². The van der Waals surface area contributed by atoms with E-state index in [1.54, 1.807) is 23.2 Å². The van der Waals surface area contributed by atoms with Crippen molar-refractivity contribution < 1.29 is 4.79 Å². The van der Waals surface area contributed by atoms with Gasteiger partial charge in [0.25, 0.3) is 5.91 Å². The van der Waals surface area contributed by atoms with E-state index in [1.165, 1.54) is 15.6 Å². The third-order valence-electron chi connectivity index (χ3n) is 4.89. The van der Waals surface area contributed by atoms with Gasteiger partial charge in [-0.15, -0.1) is 5.10 Å². The van der Waals surface area contributed by atoms with Gasteiger partial charge in [0.1, 0.15) is 0 Å². The number of fused-ring (bicyclic) bond motifs is 2. The van der Waals surface area contributed by atoms with Crippen molar-refractivity contribution >= 4 is 11.6 Å². The van der Waals surface area contributed by atoms with Crippen LogP contribution in [0.4, 0.5) is 0 Å². The summed E-state index contributed by atoms with van der Waals surface area (Å²) in [6.07, 6.45) is 2.63. The highest BCUT2D eigenvalue weighted by molar-refractivity contribution is 5.94. The van der Waals surface area contributed by atoms with Crippen LogP contribution in [0.5, 0.6) is 0 Å². The molecule has 0 spiro atoms. The topological polar surface area (TPSA) is 66.6 Å². The van der Waals surface area contributed by atoms with Crippen molar-refractivity contribution in [1.29, 1.82) is 0 Å². The Kier molecular flexibility index (Phi) is 3.93. The second-order valence-electron chi connectivity index (χ2n) is 6.63. The number of tetrazole rings is 1. The van der Waals surface area contributed by atoms with E-state index >= 15 is 0 Å². The van der Waals surface area contributed by atoms with Crippen LogP contribution in [-0.2, 0) is 13.0 Å². The van der Waals surface area contributed by atoms with Crippen LogP contribution in [0, 0.1) is 0 Å². The van der Waals surface area contributed by atoms with Gasteiger partial charge in [-0.05, 0) is 47.2 Å². The molecule has 0 N–H and O–H groups in total. The Morgan fingerprint density at radius 1 is 1.24 bits per heavy atom. The minimum Gasteiger partial charge on any atom is -0.340 e. The van der Waals surface area contributed by atoms with E-state index in [4.69, 9.17) is 0 Å². The highest BCUT2D eigenvalue weighted by Crippen LogP contribution is 2.22.